The molecule has 0 amide bonds. The van der Waals surface area contributed by atoms with Gasteiger partial charge in [-0.3, -0.25) is 0 Å². The summed E-state index contributed by atoms with van der Waals surface area (Å²) in [6.45, 7) is 7.86. The van der Waals surface area contributed by atoms with Crippen molar-refractivity contribution >= 4 is 0 Å². The molecule has 118 valence electrons. The van der Waals surface area contributed by atoms with Gasteiger partial charge in [0, 0.05) is 6.04 Å². The van der Waals surface area contributed by atoms with Crippen LogP contribution in [0.2, 0.25) is 0 Å². The van der Waals surface area contributed by atoms with Gasteiger partial charge in [0.05, 0.1) is 0 Å². The SMILES string of the molecule is CCCNC(c1cc(C)cc(C)c1)C1CCCCCCC1. The monoisotopic (exact) mass is 287 g/mol. The number of aryl methyl sites for hydroxylation is 2. The fourth-order valence-electron chi connectivity index (χ4n) is 3.87. The predicted molar refractivity (Wildman–Crippen MR) is 92.8 cm³/mol. The van der Waals surface area contributed by atoms with Crippen LogP contribution in [-0.2, 0) is 0 Å². The summed E-state index contributed by atoms with van der Waals surface area (Å²) in [5.74, 6) is 0.818. The van der Waals surface area contributed by atoms with Crippen molar-refractivity contribution < 1.29 is 0 Å². The smallest absolute Gasteiger partial charge is 0.0348 e. The van der Waals surface area contributed by atoms with Crippen LogP contribution in [0.1, 0.15) is 81.0 Å². The second-order valence-corrected chi connectivity index (χ2v) is 6.96. The third-order valence-corrected chi connectivity index (χ3v) is 4.84. The van der Waals surface area contributed by atoms with E-state index in [1.165, 1.54) is 68.1 Å². The Hall–Kier alpha value is -0.820. The number of hydrogen-bond donors (Lipinski definition) is 1. The van der Waals surface area contributed by atoms with E-state index in [0.717, 1.165) is 12.5 Å². The molecule has 0 radical (unpaired) electrons. The molecular formula is C20H33N. The minimum atomic E-state index is 0.557. The highest BCUT2D eigenvalue weighted by Crippen LogP contribution is 2.33. The van der Waals surface area contributed by atoms with E-state index in [4.69, 9.17) is 0 Å². The molecule has 0 heterocycles. The Morgan fingerprint density at radius 3 is 2.10 bits per heavy atom. The summed E-state index contributed by atoms with van der Waals surface area (Å²) < 4.78 is 0. The molecule has 1 aliphatic rings. The van der Waals surface area contributed by atoms with E-state index >= 15 is 0 Å². The van der Waals surface area contributed by atoms with Gasteiger partial charge in [-0.05, 0) is 51.1 Å². The summed E-state index contributed by atoms with van der Waals surface area (Å²) in [5, 5.41) is 3.86. The van der Waals surface area contributed by atoms with E-state index in [9.17, 15) is 0 Å². The molecule has 21 heavy (non-hydrogen) atoms. The molecule has 1 heteroatoms. The molecule has 1 atom stereocenters. The van der Waals surface area contributed by atoms with Crippen LogP contribution in [-0.4, -0.2) is 6.54 Å². The summed E-state index contributed by atoms with van der Waals surface area (Å²) >= 11 is 0. The lowest BCUT2D eigenvalue weighted by atomic mass is 9.82. The summed E-state index contributed by atoms with van der Waals surface area (Å²) in [5.41, 5.74) is 4.32. The van der Waals surface area contributed by atoms with E-state index < -0.39 is 0 Å². The summed E-state index contributed by atoms with van der Waals surface area (Å²) in [6, 6.07) is 7.65. The third kappa shape index (κ3) is 5.14. The molecule has 1 unspecified atom stereocenters. The van der Waals surface area contributed by atoms with Crippen LogP contribution >= 0.6 is 0 Å². The average Bonchev–Trinajstić information content (AvgIpc) is 2.39. The van der Waals surface area contributed by atoms with Crippen molar-refractivity contribution in [2.75, 3.05) is 6.54 Å². The fraction of sp³-hybridized carbons (Fsp3) is 0.700. The average molecular weight is 287 g/mol. The maximum absolute atomic E-state index is 3.86. The number of rotatable bonds is 5. The van der Waals surface area contributed by atoms with Crippen molar-refractivity contribution in [1.82, 2.24) is 5.32 Å². The lowest BCUT2D eigenvalue weighted by molar-refractivity contribution is 0.288. The van der Waals surface area contributed by atoms with E-state index in [-0.39, 0.29) is 0 Å². The molecule has 0 bridgehead atoms. The van der Waals surface area contributed by atoms with E-state index in [1.54, 1.807) is 0 Å². The highest BCUT2D eigenvalue weighted by Gasteiger charge is 2.23. The first kappa shape index (κ1) is 16.5. The minimum absolute atomic E-state index is 0.557. The van der Waals surface area contributed by atoms with Crippen molar-refractivity contribution in [2.24, 2.45) is 5.92 Å². The summed E-state index contributed by atoms with van der Waals surface area (Å²) in [6.07, 6.45) is 11.2. The molecule has 1 aliphatic carbocycles. The minimum Gasteiger partial charge on any atom is -0.310 e. The van der Waals surface area contributed by atoms with Gasteiger partial charge >= 0.3 is 0 Å². The molecular weight excluding hydrogens is 254 g/mol. The van der Waals surface area contributed by atoms with Crippen molar-refractivity contribution in [2.45, 2.75) is 78.2 Å². The first-order chi connectivity index (χ1) is 10.2. The van der Waals surface area contributed by atoms with Crippen LogP contribution in [0.4, 0.5) is 0 Å². The van der Waals surface area contributed by atoms with Gasteiger partial charge in [-0.15, -0.1) is 0 Å². The van der Waals surface area contributed by atoms with Crippen LogP contribution in [0.3, 0.4) is 0 Å². The molecule has 1 N–H and O–H groups in total. The van der Waals surface area contributed by atoms with Gasteiger partial charge < -0.3 is 5.32 Å². The van der Waals surface area contributed by atoms with Crippen LogP contribution in [0, 0.1) is 19.8 Å². The van der Waals surface area contributed by atoms with Gasteiger partial charge in [-0.1, -0.05) is 68.4 Å². The van der Waals surface area contributed by atoms with Crippen LogP contribution < -0.4 is 5.32 Å². The van der Waals surface area contributed by atoms with Crippen molar-refractivity contribution in [3.8, 4) is 0 Å². The molecule has 1 fully saturated rings. The zero-order chi connectivity index (χ0) is 15.1. The second kappa shape index (κ2) is 8.58. The Morgan fingerprint density at radius 1 is 0.952 bits per heavy atom. The Balaban J connectivity index is 2.18. The summed E-state index contributed by atoms with van der Waals surface area (Å²) in [7, 11) is 0. The quantitative estimate of drug-likeness (QED) is 0.732. The molecule has 0 spiro atoms. The first-order valence-corrected chi connectivity index (χ1v) is 9.02. The standard InChI is InChI=1S/C20H33N/c1-4-12-21-20(18-10-8-6-5-7-9-11-18)19-14-16(2)13-17(3)15-19/h13-15,18,20-21H,4-12H2,1-3H3. The van der Waals surface area contributed by atoms with Gasteiger partial charge in [0.1, 0.15) is 0 Å². The zero-order valence-corrected chi connectivity index (χ0v) is 14.3. The van der Waals surface area contributed by atoms with Gasteiger partial charge in [-0.2, -0.15) is 0 Å². The topological polar surface area (TPSA) is 12.0 Å². The molecule has 1 aromatic rings. The Labute approximate surface area is 131 Å². The van der Waals surface area contributed by atoms with Gasteiger partial charge in [0.25, 0.3) is 0 Å². The number of hydrogen-bond acceptors (Lipinski definition) is 1. The Morgan fingerprint density at radius 2 is 1.52 bits per heavy atom. The first-order valence-electron chi connectivity index (χ1n) is 9.02. The second-order valence-electron chi connectivity index (χ2n) is 6.96. The zero-order valence-electron chi connectivity index (χ0n) is 14.3. The molecule has 1 aromatic carbocycles. The van der Waals surface area contributed by atoms with Crippen molar-refractivity contribution in [1.29, 1.82) is 0 Å². The van der Waals surface area contributed by atoms with Crippen LogP contribution in [0.15, 0.2) is 18.2 Å². The molecule has 1 saturated carbocycles. The van der Waals surface area contributed by atoms with Crippen molar-refractivity contribution in [3.05, 3.63) is 34.9 Å². The predicted octanol–water partition coefficient (Wildman–Crippen LogP) is 5.70. The normalized spacial score (nSPS) is 19.0. The highest BCUT2D eigenvalue weighted by atomic mass is 14.9. The lowest BCUT2D eigenvalue weighted by Gasteiger charge is -2.30. The number of nitrogens with one attached hydrogen (secondary N) is 1. The molecule has 0 aliphatic heterocycles. The Bertz CT molecular complexity index is 396. The maximum Gasteiger partial charge on any atom is 0.0348 e. The van der Waals surface area contributed by atoms with Gasteiger partial charge in [0.15, 0.2) is 0 Å². The van der Waals surface area contributed by atoms with Crippen LogP contribution in [0.5, 0.6) is 0 Å². The van der Waals surface area contributed by atoms with Gasteiger partial charge in [0.2, 0.25) is 0 Å². The maximum atomic E-state index is 3.86. The fourth-order valence-corrected chi connectivity index (χ4v) is 3.87. The van der Waals surface area contributed by atoms with Crippen LogP contribution in [0.25, 0.3) is 0 Å². The van der Waals surface area contributed by atoms with E-state index in [2.05, 4.69) is 44.3 Å². The lowest BCUT2D eigenvalue weighted by Crippen LogP contribution is -2.29. The molecule has 0 saturated heterocycles. The van der Waals surface area contributed by atoms with Gasteiger partial charge in [-0.25, -0.2) is 0 Å². The third-order valence-electron chi connectivity index (χ3n) is 4.84. The number of benzene rings is 1. The van der Waals surface area contributed by atoms with Crippen molar-refractivity contribution in [3.63, 3.8) is 0 Å². The summed E-state index contributed by atoms with van der Waals surface area (Å²) in [4.78, 5) is 0. The molecule has 1 nitrogen and oxygen atoms in total. The molecule has 0 aromatic heterocycles. The molecule has 2 rings (SSSR count). The highest BCUT2D eigenvalue weighted by molar-refractivity contribution is 5.31. The largest absolute Gasteiger partial charge is 0.310 e. The van der Waals surface area contributed by atoms with E-state index in [1.807, 2.05) is 0 Å². The Kier molecular flexibility index (Phi) is 6.76. The van der Waals surface area contributed by atoms with E-state index in [0.29, 0.717) is 6.04 Å².